The Morgan fingerprint density at radius 1 is 1.38 bits per heavy atom. The minimum absolute atomic E-state index is 0.392. The molecule has 21 heavy (non-hydrogen) atoms. The van der Waals surface area contributed by atoms with Crippen LogP contribution in [0.15, 0.2) is 24.4 Å². The fourth-order valence-electron chi connectivity index (χ4n) is 1.99. The van der Waals surface area contributed by atoms with Gasteiger partial charge in [-0.15, -0.1) is 11.3 Å². The summed E-state index contributed by atoms with van der Waals surface area (Å²) in [6.45, 7) is 4.40. The van der Waals surface area contributed by atoms with Gasteiger partial charge in [-0.25, -0.2) is 4.98 Å². The maximum atomic E-state index is 12.7. The van der Waals surface area contributed by atoms with Gasteiger partial charge in [-0.2, -0.15) is 13.2 Å². The van der Waals surface area contributed by atoms with Crippen molar-refractivity contribution in [1.82, 2.24) is 10.3 Å². The molecule has 1 aromatic carbocycles. The molecule has 1 aromatic heterocycles. The summed E-state index contributed by atoms with van der Waals surface area (Å²) in [6, 6.07) is 5.12. The zero-order valence-corrected chi connectivity index (χ0v) is 13.0. The first-order valence-electron chi connectivity index (χ1n) is 6.35. The number of rotatable bonds is 4. The average molecular weight is 335 g/mol. The molecule has 1 atom stereocenters. The quantitative estimate of drug-likeness (QED) is 0.866. The van der Waals surface area contributed by atoms with Crippen LogP contribution >= 0.6 is 22.9 Å². The first kappa shape index (κ1) is 16.3. The van der Waals surface area contributed by atoms with Crippen molar-refractivity contribution in [3.63, 3.8) is 0 Å². The van der Waals surface area contributed by atoms with E-state index in [1.54, 1.807) is 6.07 Å². The van der Waals surface area contributed by atoms with Crippen molar-refractivity contribution < 1.29 is 13.2 Å². The van der Waals surface area contributed by atoms with E-state index in [-0.39, 0.29) is 0 Å². The third kappa shape index (κ3) is 3.75. The van der Waals surface area contributed by atoms with Crippen LogP contribution in [0.5, 0.6) is 0 Å². The predicted molar refractivity (Wildman–Crippen MR) is 78.8 cm³/mol. The molecule has 2 rings (SSSR count). The standard InChI is InChI=1S/C14H14ClF3N2S/c1-3-19-12(9-5-4-8(2)6-10(9)15)11-7-20-13(21-11)14(16,17)18/h4-7,12,19H,3H2,1-2H3. The Hall–Kier alpha value is -1.11. The van der Waals surface area contributed by atoms with Crippen LogP contribution in [0.3, 0.4) is 0 Å². The van der Waals surface area contributed by atoms with E-state index in [0.717, 1.165) is 11.1 Å². The van der Waals surface area contributed by atoms with Crippen molar-refractivity contribution in [2.24, 2.45) is 0 Å². The third-order valence-corrected chi connectivity index (χ3v) is 4.36. The molecule has 2 nitrogen and oxygen atoms in total. The van der Waals surface area contributed by atoms with Gasteiger partial charge in [0.1, 0.15) is 0 Å². The van der Waals surface area contributed by atoms with Crippen LogP contribution < -0.4 is 5.32 Å². The molecule has 0 saturated heterocycles. The van der Waals surface area contributed by atoms with Crippen LogP contribution in [0.2, 0.25) is 5.02 Å². The van der Waals surface area contributed by atoms with Crippen molar-refractivity contribution in [3.8, 4) is 0 Å². The van der Waals surface area contributed by atoms with Gasteiger partial charge in [0, 0.05) is 16.1 Å². The number of alkyl halides is 3. The number of halogens is 4. The van der Waals surface area contributed by atoms with Crippen molar-refractivity contribution in [1.29, 1.82) is 0 Å². The molecule has 1 unspecified atom stereocenters. The largest absolute Gasteiger partial charge is 0.443 e. The lowest BCUT2D eigenvalue weighted by Crippen LogP contribution is -2.21. The molecule has 0 aliphatic carbocycles. The molecule has 0 saturated carbocycles. The number of nitrogens with zero attached hydrogens (tertiary/aromatic N) is 1. The number of aromatic nitrogens is 1. The van der Waals surface area contributed by atoms with E-state index in [1.807, 2.05) is 26.0 Å². The summed E-state index contributed by atoms with van der Waals surface area (Å²) in [6.07, 6.45) is -3.16. The topological polar surface area (TPSA) is 24.9 Å². The van der Waals surface area contributed by atoms with E-state index in [4.69, 9.17) is 11.6 Å². The third-order valence-electron chi connectivity index (χ3n) is 2.93. The lowest BCUT2D eigenvalue weighted by Gasteiger charge is -2.18. The van der Waals surface area contributed by atoms with Gasteiger partial charge in [0.05, 0.1) is 6.04 Å². The van der Waals surface area contributed by atoms with Gasteiger partial charge in [-0.1, -0.05) is 30.7 Å². The molecule has 114 valence electrons. The maximum absolute atomic E-state index is 12.7. The lowest BCUT2D eigenvalue weighted by atomic mass is 10.0. The zero-order valence-electron chi connectivity index (χ0n) is 11.5. The second-order valence-corrected chi connectivity index (χ2v) is 6.05. The van der Waals surface area contributed by atoms with E-state index in [0.29, 0.717) is 27.8 Å². The van der Waals surface area contributed by atoms with Crippen molar-refractivity contribution >= 4 is 22.9 Å². The Labute approximate surface area is 130 Å². The first-order chi connectivity index (χ1) is 9.82. The second kappa shape index (κ2) is 6.34. The number of thiazole rings is 1. The van der Waals surface area contributed by atoms with E-state index in [1.165, 1.54) is 6.20 Å². The highest BCUT2D eigenvalue weighted by atomic mass is 35.5. The van der Waals surface area contributed by atoms with Crippen LogP contribution in [0, 0.1) is 6.92 Å². The van der Waals surface area contributed by atoms with Gasteiger partial charge in [-0.05, 0) is 30.7 Å². The van der Waals surface area contributed by atoms with Crippen LogP contribution in [-0.4, -0.2) is 11.5 Å². The molecule has 0 radical (unpaired) electrons. The summed E-state index contributed by atoms with van der Waals surface area (Å²) in [7, 11) is 0. The second-order valence-electron chi connectivity index (χ2n) is 4.58. The first-order valence-corrected chi connectivity index (χ1v) is 7.54. The molecular formula is C14H14ClF3N2S. The number of hydrogen-bond acceptors (Lipinski definition) is 3. The van der Waals surface area contributed by atoms with Crippen LogP contribution in [0.4, 0.5) is 13.2 Å². The maximum Gasteiger partial charge on any atom is 0.443 e. The van der Waals surface area contributed by atoms with Gasteiger partial charge in [0.2, 0.25) is 0 Å². The fraction of sp³-hybridized carbons (Fsp3) is 0.357. The van der Waals surface area contributed by atoms with Crippen molar-refractivity contribution in [3.05, 3.63) is 50.4 Å². The zero-order chi connectivity index (χ0) is 15.6. The molecule has 1 N–H and O–H groups in total. The molecule has 0 aliphatic rings. The monoisotopic (exact) mass is 334 g/mol. The summed E-state index contributed by atoms with van der Waals surface area (Å²) in [5.41, 5.74) is 1.75. The van der Waals surface area contributed by atoms with Crippen molar-refractivity contribution in [2.75, 3.05) is 6.54 Å². The Morgan fingerprint density at radius 3 is 2.62 bits per heavy atom. The molecule has 0 bridgehead atoms. The Balaban J connectivity index is 2.41. The predicted octanol–water partition coefficient (Wildman–Crippen LogP) is 4.82. The van der Waals surface area contributed by atoms with Gasteiger partial charge >= 0.3 is 6.18 Å². The SMILES string of the molecule is CCNC(c1cnc(C(F)(F)F)s1)c1ccc(C)cc1Cl. The number of nitrogens with one attached hydrogen (secondary N) is 1. The molecule has 0 spiro atoms. The van der Waals surface area contributed by atoms with Crippen LogP contribution in [0.1, 0.15) is 34.0 Å². The van der Waals surface area contributed by atoms with E-state index < -0.39 is 17.2 Å². The molecule has 0 amide bonds. The van der Waals surface area contributed by atoms with Crippen molar-refractivity contribution in [2.45, 2.75) is 26.1 Å². The summed E-state index contributed by atoms with van der Waals surface area (Å²) in [5.74, 6) is 0. The van der Waals surface area contributed by atoms with Crippen LogP contribution in [-0.2, 0) is 6.18 Å². The smallest absolute Gasteiger partial charge is 0.306 e. The highest BCUT2D eigenvalue weighted by molar-refractivity contribution is 7.11. The molecule has 7 heteroatoms. The van der Waals surface area contributed by atoms with E-state index in [9.17, 15) is 13.2 Å². The molecule has 2 aromatic rings. The minimum Gasteiger partial charge on any atom is -0.306 e. The van der Waals surface area contributed by atoms with Gasteiger partial charge < -0.3 is 5.32 Å². The summed E-state index contributed by atoms with van der Waals surface area (Å²) in [5, 5.41) is 2.85. The number of benzene rings is 1. The minimum atomic E-state index is -4.42. The Bertz CT molecular complexity index is 625. The summed E-state index contributed by atoms with van der Waals surface area (Å²) in [4.78, 5) is 3.97. The van der Waals surface area contributed by atoms with E-state index in [2.05, 4.69) is 10.3 Å². The Morgan fingerprint density at radius 2 is 2.10 bits per heavy atom. The van der Waals surface area contributed by atoms with Gasteiger partial charge in [0.25, 0.3) is 0 Å². The molecule has 0 aliphatic heterocycles. The highest BCUT2D eigenvalue weighted by Crippen LogP contribution is 2.37. The van der Waals surface area contributed by atoms with Crippen LogP contribution in [0.25, 0.3) is 0 Å². The average Bonchev–Trinajstić information content (AvgIpc) is 2.86. The Kier molecular flexibility index (Phi) is 4.91. The summed E-state index contributed by atoms with van der Waals surface area (Å²) >= 11 is 6.87. The lowest BCUT2D eigenvalue weighted by molar-refractivity contribution is -0.137. The van der Waals surface area contributed by atoms with E-state index >= 15 is 0 Å². The number of hydrogen-bond donors (Lipinski definition) is 1. The molecule has 0 fully saturated rings. The summed E-state index contributed by atoms with van der Waals surface area (Å²) < 4.78 is 38.1. The fourth-order valence-corrected chi connectivity index (χ4v) is 3.21. The normalized spacial score (nSPS) is 13.4. The molecular weight excluding hydrogens is 321 g/mol. The van der Waals surface area contributed by atoms with Gasteiger partial charge in [-0.3, -0.25) is 0 Å². The molecule has 1 heterocycles. The highest BCUT2D eigenvalue weighted by Gasteiger charge is 2.35. The van der Waals surface area contributed by atoms with Gasteiger partial charge in [0.15, 0.2) is 5.01 Å². The number of aryl methyl sites for hydroxylation is 1.